The maximum atomic E-state index is 12.1. The predicted molar refractivity (Wildman–Crippen MR) is 81.6 cm³/mol. The summed E-state index contributed by atoms with van der Waals surface area (Å²) in [7, 11) is 1.47. The van der Waals surface area contributed by atoms with Crippen LogP contribution in [0.4, 0.5) is 5.69 Å². The van der Waals surface area contributed by atoms with Gasteiger partial charge in [0.15, 0.2) is 0 Å². The average Bonchev–Trinajstić information content (AvgIpc) is 2.90. The molecule has 1 aliphatic rings. The lowest BCUT2D eigenvalue weighted by atomic mass is 10.2. The summed E-state index contributed by atoms with van der Waals surface area (Å²) in [5.74, 6) is -2.49. The van der Waals surface area contributed by atoms with E-state index in [1.54, 1.807) is 6.07 Å². The van der Waals surface area contributed by atoms with Gasteiger partial charge in [0.25, 0.3) is 17.7 Å². The zero-order valence-corrected chi connectivity index (χ0v) is 12.8. The summed E-state index contributed by atoms with van der Waals surface area (Å²) in [6.07, 6.45) is 2.63. The van der Waals surface area contributed by atoms with Crippen molar-refractivity contribution in [3.8, 4) is 0 Å². The topological polar surface area (TPSA) is 101 Å². The van der Waals surface area contributed by atoms with E-state index >= 15 is 0 Å². The first kappa shape index (κ1) is 17.1. The number of hydrogen-bond donors (Lipinski definition) is 0. The molecule has 2 rings (SSSR count). The van der Waals surface area contributed by atoms with E-state index in [0.29, 0.717) is 17.0 Å². The van der Waals surface area contributed by atoms with Crippen LogP contribution in [-0.2, 0) is 24.0 Å². The minimum Gasteiger partial charge on any atom is -0.325 e. The van der Waals surface area contributed by atoms with Gasteiger partial charge in [0.1, 0.15) is 6.29 Å². The minimum absolute atomic E-state index is 0.00641. The molecule has 1 heterocycles. The SMILES string of the molecule is CN(C(=O)/C=C\C=O)c1cccc(C(=O)ON2C(=O)CCC2=O)c1. The normalized spacial score (nSPS) is 14.1. The van der Waals surface area contributed by atoms with Gasteiger partial charge in [-0.1, -0.05) is 6.07 Å². The van der Waals surface area contributed by atoms with Crippen LogP contribution in [0.3, 0.4) is 0 Å². The third-order valence-corrected chi connectivity index (χ3v) is 3.30. The zero-order chi connectivity index (χ0) is 17.7. The number of imide groups is 1. The van der Waals surface area contributed by atoms with Crippen LogP contribution in [0.1, 0.15) is 23.2 Å². The summed E-state index contributed by atoms with van der Waals surface area (Å²) in [5, 5.41) is 0.455. The van der Waals surface area contributed by atoms with E-state index in [0.717, 1.165) is 12.2 Å². The molecule has 1 aromatic rings. The highest BCUT2D eigenvalue weighted by Gasteiger charge is 2.33. The predicted octanol–water partition coefficient (Wildman–Crippen LogP) is 0.625. The van der Waals surface area contributed by atoms with Gasteiger partial charge in [-0.3, -0.25) is 19.2 Å². The highest BCUT2D eigenvalue weighted by Crippen LogP contribution is 2.18. The number of hydrogen-bond acceptors (Lipinski definition) is 6. The second-order valence-corrected chi connectivity index (χ2v) is 4.90. The molecule has 1 fully saturated rings. The summed E-state index contributed by atoms with van der Waals surface area (Å²) in [5.41, 5.74) is 0.447. The lowest BCUT2D eigenvalue weighted by molar-refractivity contribution is -0.172. The van der Waals surface area contributed by atoms with E-state index in [9.17, 15) is 24.0 Å². The summed E-state index contributed by atoms with van der Waals surface area (Å²) in [6.45, 7) is 0. The van der Waals surface area contributed by atoms with Gasteiger partial charge >= 0.3 is 5.97 Å². The van der Waals surface area contributed by atoms with Gasteiger partial charge in [0.05, 0.1) is 5.56 Å². The minimum atomic E-state index is -0.885. The maximum absolute atomic E-state index is 12.1. The molecule has 0 bridgehead atoms. The van der Waals surface area contributed by atoms with Crippen molar-refractivity contribution < 1.29 is 28.8 Å². The van der Waals surface area contributed by atoms with Crippen molar-refractivity contribution >= 4 is 35.7 Å². The second-order valence-electron chi connectivity index (χ2n) is 4.90. The molecule has 0 radical (unpaired) electrons. The van der Waals surface area contributed by atoms with Crippen molar-refractivity contribution in [3.05, 3.63) is 42.0 Å². The van der Waals surface area contributed by atoms with Crippen LogP contribution in [0.2, 0.25) is 0 Å². The van der Waals surface area contributed by atoms with E-state index in [2.05, 4.69) is 0 Å². The van der Waals surface area contributed by atoms with Gasteiger partial charge in [-0.15, -0.1) is 5.06 Å². The van der Waals surface area contributed by atoms with Crippen LogP contribution < -0.4 is 4.90 Å². The highest BCUT2D eigenvalue weighted by atomic mass is 16.7. The van der Waals surface area contributed by atoms with Gasteiger partial charge in [0, 0.05) is 31.7 Å². The lowest BCUT2D eigenvalue weighted by Crippen LogP contribution is -2.32. The van der Waals surface area contributed by atoms with E-state index in [1.807, 2.05) is 0 Å². The molecule has 0 saturated carbocycles. The van der Waals surface area contributed by atoms with Crippen molar-refractivity contribution in [3.63, 3.8) is 0 Å². The molecule has 0 N–H and O–H groups in total. The fourth-order valence-corrected chi connectivity index (χ4v) is 2.00. The largest absolute Gasteiger partial charge is 0.363 e. The van der Waals surface area contributed by atoms with Crippen LogP contribution in [0.5, 0.6) is 0 Å². The van der Waals surface area contributed by atoms with Crippen LogP contribution in [-0.4, -0.2) is 42.1 Å². The molecule has 8 nitrogen and oxygen atoms in total. The van der Waals surface area contributed by atoms with Crippen LogP contribution in [0.15, 0.2) is 36.4 Å². The standard InChI is InChI=1S/C16H14N2O6/c1-17(13(20)6-3-9-19)12-5-2-4-11(10-12)16(23)24-18-14(21)7-8-15(18)22/h2-6,9-10H,7-8H2,1H3/b6-3-. The number of nitrogens with zero attached hydrogens (tertiary/aromatic N) is 2. The molecule has 0 unspecified atom stereocenters. The van der Waals surface area contributed by atoms with Gasteiger partial charge in [0.2, 0.25) is 0 Å². The summed E-state index contributed by atoms with van der Waals surface area (Å²) >= 11 is 0. The molecule has 1 saturated heterocycles. The fraction of sp³-hybridized carbons (Fsp3) is 0.188. The van der Waals surface area contributed by atoms with Crippen molar-refractivity contribution in [1.29, 1.82) is 0 Å². The number of benzene rings is 1. The van der Waals surface area contributed by atoms with Crippen molar-refractivity contribution in [2.24, 2.45) is 0 Å². The highest BCUT2D eigenvalue weighted by molar-refractivity contribution is 6.04. The van der Waals surface area contributed by atoms with Crippen LogP contribution >= 0.6 is 0 Å². The number of amides is 3. The van der Waals surface area contributed by atoms with Gasteiger partial charge in [-0.05, 0) is 24.3 Å². The van der Waals surface area contributed by atoms with Crippen LogP contribution in [0, 0.1) is 0 Å². The fourth-order valence-electron chi connectivity index (χ4n) is 2.00. The Hall–Kier alpha value is -3.29. The number of rotatable bonds is 5. The third-order valence-electron chi connectivity index (χ3n) is 3.30. The second kappa shape index (κ2) is 7.32. The molecule has 0 spiro atoms. The number of likely N-dealkylation sites (N-methyl/N-ethyl adjacent to an activating group) is 1. The number of carbonyl (C=O) groups excluding carboxylic acids is 5. The van der Waals surface area contributed by atoms with Gasteiger partial charge in [-0.2, -0.15) is 0 Å². The Kier molecular flexibility index (Phi) is 5.20. The first-order valence-corrected chi connectivity index (χ1v) is 7.01. The van der Waals surface area contributed by atoms with E-state index < -0.39 is 23.7 Å². The molecule has 3 amide bonds. The molecule has 0 aromatic heterocycles. The van der Waals surface area contributed by atoms with E-state index in [-0.39, 0.29) is 18.4 Å². The number of anilines is 1. The molecule has 8 heteroatoms. The molecule has 1 aromatic carbocycles. The molecular weight excluding hydrogens is 316 g/mol. The summed E-state index contributed by atoms with van der Waals surface area (Å²) < 4.78 is 0. The molecule has 1 aliphatic heterocycles. The van der Waals surface area contributed by atoms with E-state index in [4.69, 9.17) is 4.84 Å². The summed E-state index contributed by atoms with van der Waals surface area (Å²) in [4.78, 5) is 63.1. The summed E-state index contributed by atoms with van der Waals surface area (Å²) in [6, 6.07) is 5.90. The Bertz CT molecular complexity index is 724. The van der Waals surface area contributed by atoms with Crippen LogP contribution in [0.25, 0.3) is 0 Å². The van der Waals surface area contributed by atoms with Gasteiger partial charge < -0.3 is 9.74 Å². The molecular formula is C16H14N2O6. The number of hydroxylamine groups is 2. The molecule has 0 aliphatic carbocycles. The maximum Gasteiger partial charge on any atom is 0.363 e. The Morgan fingerprint density at radius 1 is 1.21 bits per heavy atom. The number of aldehydes is 1. The zero-order valence-electron chi connectivity index (χ0n) is 12.8. The average molecular weight is 330 g/mol. The number of allylic oxidation sites excluding steroid dienone is 1. The van der Waals surface area contributed by atoms with E-state index in [1.165, 1.54) is 30.1 Å². The lowest BCUT2D eigenvalue weighted by Gasteiger charge is -2.17. The van der Waals surface area contributed by atoms with Crippen molar-refractivity contribution in [2.75, 3.05) is 11.9 Å². The Morgan fingerprint density at radius 3 is 2.50 bits per heavy atom. The van der Waals surface area contributed by atoms with Gasteiger partial charge in [-0.25, -0.2) is 4.79 Å². The Labute approximate surface area is 137 Å². The third kappa shape index (κ3) is 3.72. The smallest absolute Gasteiger partial charge is 0.325 e. The quantitative estimate of drug-likeness (QED) is 0.446. The van der Waals surface area contributed by atoms with Crippen molar-refractivity contribution in [1.82, 2.24) is 5.06 Å². The number of carbonyl (C=O) groups is 5. The van der Waals surface area contributed by atoms with Crippen molar-refractivity contribution in [2.45, 2.75) is 12.8 Å². The monoisotopic (exact) mass is 330 g/mol. The molecule has 124 valence electrons. The molecule has 0 atom stereocenters. The molecule has 24 heavy (non-hydrogen) atoms. The first-order chi connectivity index (χ1) is 11.4. The first-order valence-electron chi connectivity index (χ1n) is 7.01. The Morgan fingerprint density at radius 2 is 1.88 bits per heavy atom. The Balaban J connectivity index is 2.14.